The van der Waals surface area contributed by atoms with Crippen molar-refractivity contribution in [3.8, 4) is 22.6 Å². The van der Waals surface area contributed by atoms with Gasteiger partial charge in [-0.05, 0) is 49.4 Å². The van der Waals surface area contributed by atoms with E-state index in [4.69, 9.17) is 16.5 Å². The van der Waals surface area contributed by atoms with Crippen LogP contribution < -0.4 is 0 Å². The molecule has 6 aromatic carbocycles. The lowest BCUT2D eigenvalue weighted by molar-refractivity contribution is 1.15. The molecule has 0 amide bonds. The van der Waals surface area contributed by atoms with Crippen LogP contribution in [0.15, 0.2) is 183 Å². The van der Waals surface area contributed by atoms with Crippen LogP contribution in [-0.2, 0) is 0 Å². The first-order valence-corrected chi connectivity index (χ1v) is 17.2. The lowest BCUT2D eigenvalue weighted by atomic mass is 10.0. The molecule has 51 heavy (non-hydrogen) atoms. The van der Waals surface area contributed by atoms with E-state index in [1.807, 2.05) is 36.4 Å². The molecule has 0 aliphatic heterocycles. The SMILES string of the molecule is C=C(/C=C(\C=C(/C)n1c2ccccc2c2ccccc21)c1cc(-c2ccccc2)nc(-c2ccccc2)n1)n1c2ccccc2c2ccccc21. The van der Waals surface area contributed by atoms with Crippen molar-refractivity contribution in [2.45, 2.75) is 6.92 Å². The maximum Gasteiger partial charge on any atom is 0.160 e. The summed E-state index contributed by atoms with van der Waals surface area (Å²) in [4.78, 5) is 10.4. The lowest BCUT2D eigenvalue weighted by Gasteiger charge is -2.14. The average molecular weight is 655 g/mol. The Morgan fingerprint density at radius 1 is 0.490 bits per heavy atom. The molecule has 0 spiro atoms. The highest BCUT2D eigenvalue weighted by molar-refractivity contribution is 6.12. The highest BCUT2D eigenvalue weighted by Gasteiger charge is 2.17. The van der Waals surface area contributed by atoms with Gasteiger partial charge in [-0.25, -0.2) is 9.97 Å². The fraction of sp³-hybridized carbons (Fsp3) is 0.0213. The van der Waals surface area contributed by atoms with E-state index in [0.717, 1.165) is 61.5 Å². The summed E-state index contributed by atoms with van der Waals surface area (Å²) >= 11 is 0. The van der Waals surface area contributed by atoms with E-state index in [0.29, 0.717) is 5.82 Å². The van der Waals surface area contributed by atoms with Crippen LogP contribution in [0.2, 0.25) is 0 Å². The fourth-order valence-corrected chi connectivity index (χ4v) is 7.33. The summed E-state index contributed by atoms with van der Waals surface area (Å²) in [6.07, 6.45) is 4.41. The van der Waals surface area contributed by atoms with Gasteiger partial charge in [-0.2, -0.15) is 0 Å². The first-order chi connectivity index (χ1) is 25.1. The predicted octanol–water partition coefficient (Wildman–Crippen LogP) is 12.1. The molecule has 0 fully saturated rings. The van der Waals surface area contributed by atoms with Crippen molar-refractivity contribution in [2.75, 3.05) is 0 Å². The molecule has 0 aliphatic rings. The van der Waals surface area contributed by atoms with Gasteiger partial charge >= 0.3 is 0 Å². The Hall–Kier alpha value is -6.78. The highest BCUT2D eigenvalue weighted by Crippen LogP contribution is 2.36. The van der Waals surface area contributed by atoms with Crippen LogP contribution >= 0.6 is 0 Å². The molecule has 4 heteroatoms. The zero-order valence-electron chi connectivity index (χ0n) is 28.2. The largest absolute Gasteiger partial charge is 0.313 e. The fourth-order valence-electron chi connectivity index (χ4n) is 7.33. The molecular formula is C47H34N4. The molecule has 9 rings (SSSR count). The van der Waals surface area contributed by atoms with Crippen molar-refractivity contribution in [1.82, 2.24) is 19.1 Å². The molecule has 3 heterocycles. The van der Waals surface area contributed by atoms with Crippen molar-refractivity contribution < 1.29 is 0 Å². The molecule has 4 nitrogen and oxygen atoms in total. The van der Waals surface area contributed by atoms with Gasteiger partial charge in [0.2, 0.25) is 0 Å². The van der Waals surface area contributed by atoms with E-state index in [1.165, 1.54) is 21.5 Å². The number of benzene rings is 6. The van der Waals surface area contributed by atoms with Crippen molar-refractivity contribution >= 4 is 60.6 Å². The predicted molar refractivity (Wildman–Crippen MR) is 215 cm³/mol. The minimum atomic E-state index is 0.670. The van der Waals surface area contributed by atoms with E-state index < -0.39 is 0 Å². The highest BCUT2D eigenvalue weighted by atomic mass is 15.0. The first-order valence-electron chi connectivity index (χ1n) is 17.2. The van der Waals surface area contributed by atoms with Crippen LogP contribution in [0.5, 0.6) is 0 Å². The third-order valence-electron chi connectivity index (χ3n) is 9.61. The Morgan fingerprint density at radius 2 is 0.922 bits per heavy atom. The van der Waals surface area contributed by atoms with Crippen LogP contribution in [0.3, 0.4) is 0 Å². The third-order valence-corrected chi connectivity index (χ3v) is 9.61. The standard InChI is InChI=1S/C47H34N4/c1-32(50-43-25-13-9-21-37(43)38-22-10-14-26-44(38)50)29-36(30-33(2)51-45-27-15-11-23-39(45)40-24-12-16-28-46(40)51)42-31-41(34-17-5-3-6-18-34)48-47(49-42)35-19-7-4-8-20-35/h3-31H,1H2,2H3/b33-30+,36-29+. The van der Waals surface area contributed by atoms with Crippen molar-refractivity contribution in [2.24, 2.45) is 0 Å². The number of nitrogens with zero attached hydrogens (tertiary/aromatic N) is 4. The maximum atomic E-state index is 5.26. The first kappa shape index (κ1) is 30.3. The smallest absolute Gasteiger partial charge is 0.160 e. The number of allylic oxidation sites excluding steroid dienone is 5. The van der Waals surface area contributed by atoms with Crippen LogP contribution in [0, 0.1) is 0 Å². The minimum absolute atomic E-state index is 0.670. The number of fused-ring (bicyclic) bond motifs is 6. The van der Waals surface area contributed by atoms with Crippen LogP contribution in [0.1, 0.15) is 12.6 Å². The Bertz CT molecular complexity index is 2650. The molecule has 242 valence electrons. The Morgan fingerprint density at radius 3 is 1.43 bits per heavy atom. The summed E-state index contributed by atoms with van der Waals surface area (Å²) in [5.74, 6) is 0.670. The Labute approximate surface area is 296 Å². The number of rotatable bonds is 7. The second-order valence-electron chi connectivity index (χ2n) is 12.8. The van der Waals surface area contributed by atoms with Gasteiger partial charge in [0, 0.05) is 49.6 Å². The summed E-state index contributed by atoms with van der Waals surface area (Å²) in [5, 5.41) is 4.84. The van der Waals surface area contributed by atoms with E-state index in [2.05, 4.69) is 156 Å². The van der Waals surface area contributed by atoms with Gasteiger partial charge in [0.05, 0.1) is 33.5 Å². The molecule has 0 atom stereocenters. The summed E-state index contributed by atoms with van der Waals surface area (Å²) in [7, 11) is 0. The van der Waals surface area contributed by atoms with Gasteiger partial charge < -0.3 is 9.13 Å². The molecule has 0 bridgehead atoms. The van der Waals surface area contributed by atoms with Crippen LogP contribution in [0.4, 0.5) is 0 Å². The number of hydrogen-bond acceptors (Lipinski definition) is 2. The number of para-hydroxylation sites is 4. The van der Waals surface area contributed by atoms with Gasteiger partial charge in [-0.1, -0.05) is 140 Å². The van der Waals surface area contributed by atoms with Gasteiger partial charge in [0.25, 0.3) is 0 Å². The molecule has 0 N–H and O–H groups in total. The lowest BCUT2D eigenvalue weighted by Crippen LogP contribution is -2.01. The quantitative estimate of drug-likeness (QED) is 0.160. The minimum Gasteiger partial charge on any atom is -0.313 e. The molecule has 3 aromatic heterocycles. The zero-order valence-corrected chi connectivity index (χ0v) is 28.2. The summed E-state index contributed by atoms with van der Waals surface area (Å²) < 4.78 is 4.60. The zero-order chi connectivity index (χ0) is 34.3. The van der Waals surface area contributed by atoms with E-state index in [1.54, 1.807) is 0 Å². The van der Waals surface area contributed by atoms with E-state index >= 15 is 0 Å². The van der Waals surface area contributed by atoms with E-state index in [9.17, 15) is 0 Å². The Kier molecular flexibility index (Phi) is 7.48. The molecule has 0 unspecified atom stereocenters. The summed E-state index contributed by atoms with van der Waals surface area (Å²) in [6.45, 7) is 6.87. The van der Waals surface area contributed by atoms with Gasteiger partial charge in [-0.15, -0.1) is 0 Å². The summed E-state index contributed by atoms with van der Waals surface area (Å²) in [5.41, 5.74) is 11.0. The van der Waals surface area contributed by atoms with Crippen molar-refractivity contribution in [1.29, 1.82) is 0 Å². The molecular weight excluding hydrogens is 621 g/mol. The molecule has 9 aromatic rings. The second-order valence-corrected chi connectivity index (χ2v) is 12.8. The van der Waals surface area contributed by atoms with Gasteiger partial charge in [-0.3, -0.25) is 0 Å². The number of hydrogen-bond donors (Lipinski definition) is 0. The van der Waals surface area contributed by atoms with Gasteiger partial charge in [0.1, 0.15) is 0 Å². The maximum absolute atomic E-state index is 5.26. The van der Waals surface area contributed by atoms with E-state index in [-0.39, 0.29) is 0 Å². The number of aromatic nitrogens is 4. The normalized spacial score (nSPS) is 12.3. The molecule has 0 saturated heterocycles. The third kappa shape index (κ3) is 5.34. The van der Waals surface area contributed by atoms with Crippen molar-refractivity contribution in [3.63, 3.8) is 0 Å². The van der Waals surface area contributed by atoms with Gasteiger partial charge in [0.15, 0.2) is 5.82 Å². The second kappa shape index (κ2) is 12.6. The average Bonchev–Trinajstić information content (AvgIpc) is 3.71. The monoisotopic (exact) mass is 654 g/mol. The molecule has 0 aliphatic carbocycles. The molecule has 0 saturated carbocycles. The Balaban J connectivity index is 1.31. The summed E-state index contributed by atoms with van der Waals surface area (Å²) in [6, 6.07) is 56.9. The van der Waals surface area contributed by atoms with Crippen LogP contribution in [-0.4, -0.2) is 19.1 Å². The van der Waals surface area contributed by atoms with Crippen LogP contribution in [0.25, 0.3) is 83.2 Å². The topological polar surface area (TPSA) is 35.6 Å². The van der Waals surface area contributed by atoms with Crippen molar-refractivity contribution in [3.05, 3.63) is 188 Å². The molecule has 0 radical (unpaired) electrons.